The number of aryl methyl sites for hydroxylation is 1. The second-order valence-electron chi connectivity index (χ2n) is 4.27. The van der Waals surface area contributed by atoms with Crippen molar-refractivity contribution < 1.29 is 8.42 Å². The predicted molar refractivity (Wildman–Crippen MR) is 75.4 cm³/mol. The van der Waals surface area contributed by atoms with Gasteiger partial charge in [-0.3, -0.25) is 0 Å². The van der Waals surface area contributed by atoms with Crippen LogP contribution in [0.15, 0.2) is 18.2 Å². The van der Waals surface area contributed by atoms with E-state index in [1.54, 1.807) is 0 Å². The van der Waals surface area contributed by atoms with Gasteiger partial charge in [-0.1, -0.05) is 17.7 Å². The van der Waals surface area contributed by atoms with Crippen LogP contribution in [0.1, 0.15) is 17.5 Å². The van der Waals surface area contributed by atoms with Crippen LogP contribution in [0.5, 0.6) is 0 Å². The molecule has 0 saturated carbocycles. The van der Waals surface area contributed by atoms with Crippen LogP contribution < -0.4 is 10.0 Å². The fourth-order valence-electron chi connectivity index (χ4n) is 1.55. The van der Waals surface area contributed by atoms with Gasteiger partial charge in [-0.2, -0.15) is 0 Å². The lowest BCUT2D eigenvalue weighted by Gasteiger charge is -2.08. The molecule has 102 valence electrons. The Hall–Kier alpha value is -0.620. The highest BCUT2D eigenvalue weighted by molar-refractivity contribution is 7.88. The number of sulfonamides is 1. The Morgan fingerprint density at radius 3 is 2.61 bits per heavy atom. The van der Waals surface area contributed by atoms with Crippen molar-refractivity contribution in [2.45, 2.75) is 19.9 Å². The second-order valence-corrected chi connectivity index (χ2v) is 6.54. The van der Waals surface area contributed by atoms with Gasteiger partial charge in [-0.25, -0.2) is 13.1 Å². The van der Waals surface area contributed by atoms with Gasteiger partial charge in [-0.15, -0.1) is 0 Å². The first-order valence-corrected chi connectivity index (χ1v) is 8.06. The van der Waals surface area contributed by atoms with Crippen molar-refractivity contribution in [2.75, 3.05) is 19.3 Å². The van der Waals surface area contributed by atoms with Crippen LogP contribution in [0, 0.1) is 6.92 Å². The zero-order chi connectivity index (χ0) is 13.6. The van der Waals surface area contributed by atoms with Crippen LogP contribution in [0.4, 0.5) is 0 Å². The van der Waals surface area contributed by atoms with Gasteiger partial charge in [0.25, 0.3) is 0 Å². The third kappa shape index (κ3) is 6.35. The summed E-state index contributed by atoms with van der Waals surface area (Å²) in [5.41, 5.74) is 2.36. The Labute approximate surface area is 114 Å². The molecular weight excluding hydrogens is 272 g/mol. The molecule has 1 aromatic rings. The van der Waals surface area contributed by atoms with Crippen LogP contribution in [0.25, 0.3) is 0 Å². The molecule has 6 heteroatoms. The van der Waals surface area contributed by atoms with E-state index in [1.165, 1.54) is 5.56 Å². The van der Waals surface area contributed by atoms with Gasteiger partial charge in [-0.05, 0) is 43.1 Å². The van der Waals surface area contributed by atoms with E-state index in [9.17, 15) is 8.42 Å². The number of halogens is 1. The molecule has 0 unspecified atom stereocenters. The Morgan fingerprint density at radius 1 is 1.28 bits per heavy atom. The zero-order valence-electron chi connectivity index (χ0n) is 10.7. The van der Waals surface area contributed by atoms with E-state index in [2.05, 4.69) is 10.0 Å². The van der Waals surface area contributed by atoms with Crippen molar-refractivity contribution >= 4 is 21.6 Å². The van der Waals surface area contributed by atoms with E-state index in [0.29, 0.717) is 6.54 Å². The Kier molecular flexibility index (Phi) is 6.08. The molecule has 4 nitrogen and oxygen atoms in total. The van der Waals surface area contributed by atoms with Crippen LogP contribution in [-0.2, 0) is 16.6 Å². The monoisotopic (exact) mass is 290 g/mol. The molecule has 0 saturated heterocycles. The molecule has 0 aromatic heterocycles. The summed E-state index contributed by atoms with van der Waals surface area (Å²) in [4.78, 5) is 0. The van der Waals surface area contributed by atoms with E-state index >= 15 is 0 Å². The number of benzene rings is 1. The lowest BCUT2D eigenvalue weighted by atomic mass is 10.1. The third-order valence-corrected chi connectivity index (χ3v) is 3.48. The molecule has 0 heterocycles. The fourth-order valence-corrected chi connectivity index (χ4v) is 2.29. The maximum absolute atomic E-state index is 10.8. The van der Waals surface area contributed by atoms with Crippen molar-refractivity contribution in [1.29, 1.82) is 0 Å². The van der Waals surface area contributed by atoms with Gasteiger partial charge in [0.15, 0.2) is 0 Å². The number of nitrogens with one attached hydrogen (secondary N) is 2. The molecule has 0 atom stereocenters. The average Bonchev–Trinajstić information content (AvgIpc) is 2.24. The van der Waals surface area contributed by atoms with Crippen molar-refractivity contribution in [2.24, 2.45) is 0 Å². The Bertz CT molecular complexity index is 489. The summed E-state index contributed by atoms with van der Waals surface area (Å²) >= 11 is 5.88. The highest BCUT2D eigenvalue weighted by atomic mass is 35.5. The van der Waals surface area contributed by atoms with Crippen LogP contribution in [0.3, 0.4) is 0 Å². The van der Waals surface area contributed by atoms with Crippen LogP contribution >= 0.6 is 11.6 Å². The first-order chi connectivity index (χ1) is 8.38. The highest BCUT2D eigenvalue weighted by Crippen LogP contribution is 2.14. The summed E-state index contributed by atoms with van der Waals surface area (Å²) in [7, 11) is -3.07. The second kappa shape index (κ2) is 7.09. The minimum Gasteiger partial charge on any atom is -0.313 e. The Balaban J connectivity index is 2.22. The first-order valence-electron chi connectivity index (χ1n) is 5.79. The van der Waals surface area contributed by atoms with Crippen LogP contribution in [-0.4, -0.2) is 27.8 Å². The Morgan fingerprint density at radius 2 is 2.00 bits per heavy atom. The topological polar surface area (TPSA) is 58.2 Å². The molecule has 18 heavy (non-hydrogen) atoms. The third-order valence-electron chi connectivity index (χ3n) is 2.51. The van der Waals surface area contributed by atoms with Crippen molar-refractivity contribution in [1.82, 2.24) is 10.0 Å². The summed E-state index contributed by atoms with van der Waals surface area (Å²) in [6.45, 7) is 4.02. The summed E-state index contributed by atoms with van der Waals surface area (Å²) in [5.74, 6) is 0. The molecule has 0 aliphatic carbocycles. The van der Waals surface area contributed by atoms with Gasteiger partial charge >= 0.3 is 0 Å². The van der Waals surface area contributed by atoms with E-state index in [-0.39, 0.29) is 0 Å². The number of hydrogen-bond donors (Lipinski definition) is 2. The van der Waals surface area contributed by atoms with E-state index in [0.717, 1.165) is 36.4 Å². The molecule has 0 aliphatic rings. The van der Waals surface area contributed by atoms with Gasteiger partial charge < -0.3 is 5.32 Å². The lowest BCUT2D eigenvalue weighted by molar-refractivity contribution is 0.579. The van der Waals surface area contributed by atoms with Crippen molar-refractivity contribution in [3.8, 4) is 0 Å². The van der Waals surface area contributed by atoms with Gasteiger partial charge in [0.1, 0.15) is 0 Å². The fraction of sp³-hybridized carbons (Fsp3) is 0.500. The molecule has 0 aliphatic heterocycles. The van der Waals surface area contributed by atoms with E-state index in [4.69, 9.17) is 11.6 Å². The van der Waals surface area contributed by atoms with Crippen LogP contribution in [0.2, 0.25) is 5.02 Å². The quantitative estimate of drug-likeness (QED) is 0.751. The lowest BCUT2D eigenvalue weighted by Crippen LogP contribution is -2.26. The smallest absolute Gasteiger partial charge is 0.208 e. The van der Waals surface area contributed by atoms with Crippen molar-refractivity contribution in [3.63, 3.8) is 0 Å². The molecule has 0 bridgehead atoms. The molecule has 0 spiro atoms. The van der Waals surface area contributed by atoms with Gasteiger partial charge in [0, 0.05) is 18.1 Å². The standard InChI is InChI=1S/C12H19ClN2O2S/c1-10-8-12(13)5-4-11(10)9-14-6-3-7-15-18(2,16)17/h4-5,8,14-15H,3,6-7,9H2,1-2H3. The van der Waals surface area contributed by atoms with Gasteiger partial charge in [0.2, 0.25) is 10.0 Å². The molecule has 2 N–H and O–H groups in total. The summed E-state index contributed by atoms with van der Waals surface area (Å²) in [6, 6.07) is 5.81. The maximum Gasteiger partial charge on any atom is 0.208 e. The van der Waals surface area contributed by atoms with E-state index in [1.807, 2.05) is 25.1 Å². The summed E-state index contributed by atoms with van der Waals surface area (Å²) < 4.78 is 24.1. The van der Waals surface area contributed by atoms with Crippen molar-refractivity contribution in [3.05, 3.63) is 34.3 Å². The molecular formula is C12H19ClN2O2S. The predicted octanol–water partition coefficient (Wildman–Crippen LogP) is 1.68. The normalized spacial score (nSPS) is 11.7. The number of rotatable bonds is 7. The maximum atomic E-state index is 10.8. The number of hydrogen-bond acceptors (Lipinski definition) is 3. The zero-order valence-corrected chi connectivity index (χ0v) is 12.2. The first kappa shape index (κ1) is 15.4. The summed E-state index contributed by atoms with van der Waals surface area (Å²) in [6.07, 6.45) is 1.93. The molecule has 0 fully saturated rings. The average molecular weight is 291 g/mol. The minimum atomic E-state index is -3.07. The largest absolute Gasteiger partial charge is 0.313 e. The molecule has 1 rings (SSSR count). The van der Waals surface area contributed by atoms with E-state index < -0.39 is 10.0 Å². The minimum absolute atomic E-state index is 0.464. The molecule has 0 radical (unpaired) electrons. The highest BCUT2D eigenvalue weighted by Gasteiger charge is 2.00. The molecule has 0 amide bonds. The SMILES string of the molecule is Cc1cc(Cl)ccc1CNCCCNS(C)(=O)=O. The summed E-state index contributed by atoms with van der Waals surface area (Å²) in [5, 5.41) is 4.01. The molecule has 1 aromatic carbocycles. The van der Waals surface area contributed by atoms with Gasteiger partial charge in [0.05, 0.1) is 6.26 Å².